The summed E-state index contributed by atoms with van der Waals surface area (Å²) in [6.45, 7) is 0. The molecule has 0 saturated carbocycles. The third-order valence-electron chi connectivity index (χ3n) is 11.6. The highest BCUT2D eigenvalue weighted by Gasteiger charge is 2.30. The smallest absolute Gasteiger partial charge is 0.136 e. The first-order valence-corrected chi connectivity index (χ1v) is 19.4. The van der Waals surface area contributed by atoms with E-state index in [1.165, 1.54) is 83.5 Å². The lowest BCUT2D eigenvalue weighted by atomic mass is 9.74. The minimum absolute atomic E-state index is 0.0499. The minimum Gasteiger partial charge on any atom is -0.456 e. The van der Waals surface area contributed by atoms with Crippen LogP contribution in [0.25, 0.3) is 88.7 Å². The van der Waals surface area contributed by atoms with Gasteiger partial charge in [0, 0.05) is 22.3 Å². The van der Waals surface area contributed by atoms with E-state index in [1.54, 1.807) is 0 Å². The van der Waals surface area contributed by atoms with Crippen molar-refractivity contribution in [2.24, 2.45) is 0 Å². The van der Waals surface area contributed by atoms with Crippen LogP contribution < -0.4 is 0 Å². The van der Waals surface area contributed by atoms with Crippen molar-refractivity contribution >= 4 is 21.9 Å². The molecule has 0 bridgehead atoms. The number of fused-ring (bicyclic) bond motifs is 12. The maximum Gasteiger partial charge on any atom is 0.136 e. The molecular weight excluding hydrogens is 677 g/mol. The Morgan fingerprint density at radius 2 is 0.768 bits per heavy atom. The molecule has 0 atom stereocenters. The van der Waals surface area contributed by atoms with Gasteiger partial charge >= 0.3 is 0 Å². The van der Waals surface area contributed by atoms with E-state index in [1.807, 2.05) is 0 Å². The number of para-hydroxylation sites is 1. The highest BCUT2D eigenvalue weighted by molar-refractivity contribution is 6.19. The summed E-state index contributed by atoms with van der Waals surface area (Å²) in [5.41, 5.74) is 20.2. The molecule has 262 valence electrons. The molecule has 11 rings (SSSR count). The zero-order valence-corrected chi connectivity index (χ0v) is 30.7. The van der Waals surface area contributed by atoms with Crippen LogP contribution in [-0.2, 0) is 0 Å². The monoisotopic (exact) mass is 712 g/mol. The molecule has 9 aromatic carbocycles. The molecule has 0 saturated heterocycles. The van der Waals surface area contributed by atoms with E-state index in [0.29, 0.717) is 0 Å². The van der Waals surface area contributed by atoms with Crippen LogP contribution in [0.4, 0.5) is 0 Å². The van der Waals surface area contributed by atoms with Gasteiger partial charge in [-0.3, -0.25) is 0 Å². The highest BCUT2D eigenvalue weighted by atomic mass is 16.3. The summed E-state index contributed by atoms with van der Waals surface area (Å²) >= 11 is 0. The van der Waals surface area contributed by atoms with E-state index in [0.717, 1.165) is 21.9 Å². The number of benzene rings is 9. The first-order chi connectivity index (χ1) is 27.8. The van der Waals surface area contributed by atoms with Crippen molar-refractivity contribution in [3.8, 4) is 66.8 Å². The molecule has 0 N–H and O–H groups in total. The molecule has 0 fully saturated rings. The molecule has 1 heteroatoms. The van der Waals surface area contributed by atoms with Crippen molar-refractivity contribution in [2.45, 2.75) is 5.92 Å². The predicted octanol–water partition coefficient (Wildman–Crippen LogP) is 15.1. The Bertz CT molecular complexity index is 2960. The van der Waals surface area contributed by atoms with E-state index in [-0.39, 0.29) is 5.92 Å². The summed E-state index contributed by atoms with van der Waals surface area (Å²) in [5, 5.41) is 2.29. The van der Waals surface area contributed by atoms with Crippen molar-refractivity contribution in [3.63, 3.8) is 0 Å². The van der Waals surface area contributed by atoms with Crippen LogP contribution >= 0.6 is 0 Å². The number of furan rings is 1. The zero-order chi connectivity index (χ0) is 37.0. The van der Waals surface area contributed by atoms with E-state index in [9.17, 15) is 0 Å². The van der Waals surface area contributed by atoms with Crippen LogP contribution in [0.1, 0.15) is 22.6 Å². The Balaban J connectivity index is 1.22. The third kappa shape index (κ3) is 5.24. The Labute approximate surface area is 326 Å². The van der Waals surface area contributed by atoms with Crippen LogP contribution in [0.15, 0.2) is 217 Å². The molecular formula is C55H36O. The third-order valence-corrected chi connectivity index (χ3v) is 11.6. The molecule has 0 amide bonds. The molecule has 1 nitrogen and oxygen atoms in total. The zero-order valence-electron chi connectivity index (χ0n) is 30.7. The Kier molecular flexibility index (Phi) is 7.64. The van der Waals surface area contributed by atoms with Gasteiger partial charge in [0.2, 0.25) is 0 Å². The fourth-order valence-corrected chi connectivity index (χ4v) is 9.08. The molecule has 0 unspecified atom stereocenters. The van der Waals surface area contributed by atoms with Crippen LogP contribution in [-0.4, -0.2) is 0 Å². The average Bonchev–Trinajstić information content (AvgIpc) is 3.66. The summed E-state index contributed by atoms with van der Waals surface area (Å²) in [4.78, 5) is 0. The molecule has 1 aliphatic rings. The van der Waals surface area contributed by atoms with Gasteiger partial charge in [0.1, 0.15) is 11.2 Å². The SMILES string of the molecule is c1ccc(-c2ccc(C(c3ccc(-c4ccccc4)cc3)c3cccc4c3-c3ccccc3-c3ccccc3-c3ccc5oc6ccccc6c5c3-4)cc2)cc1. The molecule has 1 aromatic heterocycles. The van der Waals surface area contributed by atoms with Gasteiger partial charge in [-0.05, 0) is 96.1 Å². The quantitative estimate of drug-likeness (QED) is 0.162. The lowest BCUT2D eigenvalue weighted by Crippen LogP contribution is -2.08. The number of hydrogen-bond acceptors (Lipinski definition) is 1. The molecule has 1 aliphatic carbocycles. The standard InChI is InChI=1S/C55H36O/c1-3-14-36(15-4-1)38-26-30-40(31-27-38)52(41-32-28-39(29-33-41)37-16-5-2-6-17-37)48-23-13-24-49-53(48)45-21-10-9-19-43(45)42-18-7-8-20-44(42)46-34-35-51-55(54(46)49)47-22-11-12-25-50(47)56-51/h1-35,52H. The Hall–Kier alpha value is -7.22. The fourth-order valence-electron chi connectivity index (χ4n) is 9.08. The summed E-state index contributed by atoms with van der Waals surface area (Å²) in [7, 11) is 0. The fraction of sp³-hybridized carbons (Fsp3) is 0.0182. The second kappa shape index (κ2) is 13.3. The lowest BCUT2D eigenvalue weighted by molar-refractivity contribution is 0.669. The van der Waals surface area contributed by atoms with Crippen molar-refractivity contribution < 1.29 is 4.42 Å². The molecule has 1 heterocycles. The largest absolute Gasteiger partial charge is 0.456 e. The summed E-state index contributed by atoms with van der Waals surface area (Å²) < 4.78 is 6.57. The van der Waals surface area contributed by atoms with E-state index < -0.39 is 0 Å². The van der Waals surface area contributed by atoms with Crippen molar-refractivity contribution in [1.82, 2.24) is 0 Å². The normalized spacial score (nSPS) is 11.7. The number of hydrogen-bond donors (Lipinski definition) is 0. The first kappa shape index (κ1) is 32.2. The second-order valence-electron chi connectivity index (χ2n) is 14.7. The van der Waals surface area contributed by atoms with Crippen LogP contribution in [0.5, 0.6) is 0 Å². The van der Waals surface area contributed by atoms with E-state index in [4.69, 9.17) is 4.42 Å². The van der Waals surface area contributed by atoms with Gasteiger partial charge in [-0.25, -0.2) is 0 Å². The topological polar surface area (TPSA) is 13.1 Å². The van der Waals surface area contributed by atoms with Crippen LogP contribution in [0.3, 0.4) is 0 Å². The molecule has 0 aliphatic heterocycles. The van der Waals surface area contributed by atoms with Crippen LogP contribution in [0.2, 0.25) is 0 Å². The Morgan fingerprint density at radius 3 is 1.39 bits per heavy atom. The van der Waals surface area contributed by atoms with Gasteiger partial charge in [-0.15, -0.1) is 0 Å². The average molecular weight is 713 g/mol. The highest BCUT2D eigenvalue weighted by Crippen LogP contribution is 2.54. The maximum absolute atomic E-state index is 6.57. The van der Waals surface area contributed by atoms with E-state index >= 15 is 0 Å². The maximum atomic E-state index is 6.57. The van der Waals surface area contributed by atoms with Gasteiger partial charge in [0.05, 0.1) is 0 Å². The number of rotatable bonds is 5. The molecule has 0 radical (unpaired) electrons. The second-order valence-corrected chi connectivity index (χ2v) is 14.7. The van der Waals surface area contributed by atoms with Crippen molar-refractivity contribution in [2.75, 3.05) is 0 Å². The molecule has 10 aromatic rings. The summed E-state index contributed by atoms with van der Waals surface area (Å²) in [6, 6.07) is 77.5. The molecule has 0 spiro atoms. The minimum atomic E-state index is -0.0499. The van der Waals surface area contributed by atoms with Crippen molar-refractivity contribution in [1.29, 1.82) is 0 Å². The van der Waals surface area contributed by atoms with Crippen LogP contribution in [0, 0.1) is 0 Å². The first-order valence-electron chi connectivity index (χ1n) is 19.4. The van der Waals surface area contributed by atoms with Gasteiger partial charge in [-0.2, -0.15) is 0 Å². The summed E-state index contributed by atoms with van der Waals surface area (Å²) in [5.74, 6) is -0.0499. The summed E-state index contributed by atoms with van der Waals surface area (Å²) in [6.07, 6.45) is 0. The van der Waals surface area contributed by atoms with Gasteiger partial charge in [0.15, 0.2) is 0 Å². The Morgan fingerprint density at radius 1 is 0.286 bits per heavy atom. The van der Waals surface area contributed by atoms with Gasteiger partial charge in [-0.1, -0.05) is 194 Å². The lowest BCUT2D eigenvalue weighted by Gasteiger charge is -2.29. The van der Waals surface area contributed by atoms with Crippen molar-refractivity contribution in [3.05, 3.63) is 229 Å². The van der Waals surface area contributed by atoms with Gasteiger partial charge < -0.3 is 4.42 Å². The predicted molar refractivity (Wildman–Crippen MR) is 234 cm³/mol. The molecule has 56 heavy (non-hydrogen) atoms. The van der Waals surface area contributed by atoms with Gasteiger partial charge in [0.25, 0.3) is 0 Å². The van der Waals surface area contributed by atoms with E-state index in [2.05, 4.69) is 212 Å².